The molecular weight excluding hydrogens is 436 g/mol. The molecule has 1 amide bonds. The lowest BCUT2D eigenvalue weighted by molar-refractivity contribution is -0.122. The lowest BCUT2D eigenvalue weighted by Crippen LogP contribution is -2.51. The summed E-state index contributed by atoms with van der Waals surface area (Å²) in [5.41, 5.74) is 0.927. The van der Waals surface area contributed by atoms with Gasteiger partial charge < -0.3 is 5.32 Å². The first-order valence-electron chi connectivity index (χ1n) is 9.44. The van der Waals surface area contributed by atoms with Crippen LogP contribution in [0.15, 0.2) is 47.4 Å². The molecule has 162 valence electrons. The lowest BCUT2D eigenvalue weighted by atomic mass is 10.1. The van der Waals surface area contributed by atoms with Gasteiger partial charge >= 0.3 is 0 Å². The molecule has 1 fully saturated rings. The highest BCUT2D eigenvalue weighted by atomic mass is 35.5. The third-order valence-electron chi connectivity index (χ3n) is 4.88. The number of sulfonamides is 1. The minimum atomic E-state index is -3.77. The molecule has 0 bridgehead atoms. The number of piperazine rings is 1. The predicted octanol–water partition coefficient (Wildman–Crippen LogP) is 2.28. The maximum absolute atomic E-state index is 13.3. The Morgan fingerprint density at radius 1 is 1.03 bits per heavy atom. The van der Waals surface area contributed by atoms with Crippen LogP contribution in [-0.2, 0) is 21.2 Å². The number of nitrogens with zero attached hydrogens (tertiary/aromatic N) is 2. The number of amides is 1. The fourth-order valence-corrected chi connectivity index (χ4v) is 4.86. The summed E-state index contributed by atoms with van der Waals surface area (Å²) in [6.45, 7) is 1.85. The van der Waals surface area contributed by atoms with E-state index in [1.165, 1.54) is 22.5 Å². The smallest absolute Gasteiger partial charge is 0.243 e. The van der Waals surface area contributed by atoms with Crippen molar-refractivity contribution in [2.45, 2.75) is 11.3 Å². The second kappa shape index (κ2) is 9.82. The van der Waals surface area contributed by atoms with Crippen molar-refractivity contribution in [3.8, 4) is 0 Å². The van der Waals surface area contributed by atoms with Gasteiger partial charge in [-0.25, -0.2) is 17.2 Å². The van der Waals surface area contributed by atoms with Crippen molar-refractivity contribution in [3.05, 3.63) is 64.7 Å². The third-order valence-corrected chi connectivity index (χ3v) is 7.06. The number of rotatable bonds is 7. The van der Waals surface area contributed by atoms with Crippen molar-refractivity contribution >= 4 is 27.5 Å². The van der Waals surface area contributed by atoms with Gasteiger partial charge in [0.05, 0.1) is 16.5 Å². The van der Waals surface area contributed by atoms with Gasteiger partial charge in [-0.2, -0.15) is 4.31 Å². The molecule has 1 saturated heterocycles. The van der Waals surface area contributed by atoms with Gasteiger partial charge in [0, 0.05) is 32.7 Å². The third kappa shape index (κ3) is 5.75. The van der Waals surface area contributed by atoms with E-state index in [9.17, 15) is 22.0 Å². The van der Waals surface area contributed by atoms with E-state index >= 15 is 0 Å². The minimum Gasteiger partial charge on any atom is -0.355 e. The van der Waals surface area contributed by atoms with Gasteiger partial charge in [0.1, 0.15) is 11.6 Å². The molecule has 0 unspecified atom stereocenters. The molecule has 0 aliphatic carbocycles. The van der Waals surface area contributed by atoms with Crippen molar-refractivity contribution in [1.82, 2.24) is 14.5 Å². The Morgan fingerprint density at radius 3 is 2.33 bits per heavy atom. The summed E-state index contributed by atoms with van der Waals surface area (Å²) in [7, 11) is -3.77. The molecule has 30 heavy (non-hydrogen) atoms. The molecule has 0 aromatic heterocycles. The van der Waals surface area contributed by atoms with Crippen LogP contribution in [0.25, 0.3) is 0 Å². The van der Waals surface area contributed by atoms with E-state index in [1.807, 2.05) is 4.90 Å². The molecule has 2 aromatic carbocycles. The highest BCUT2D eigenvalue weighted by Crippen LogP contribution is 2.23. The summed E-state index contributed by atoms with van der Waals surface area (Å²) >= 11 is 5.70. The first-order chi connectivity index (χ1) is 14.3. The number of benzene rings is 2. The molecule has 10 heteroatoms. The van der Waals surface area contributed by atoms with Crippen LogP contribution in [0.3, 0.4) is 0 Å². The van der Waals surface area contributed by atoms with E-state index < -0.39 is 15.8 Å². The fourth-order valence-electron chi connectivity index (χ4n) is 3.17. The van der Waals surface area contributed by atoms with Crippen LogP contribution >= 0.6 is 11.6 Å². The summed E-state index contributed by atoms with van der Waals surface area (Å²) in [6, 6.07) is 9.44. The molecule has 1 N–H and O–H groups in total. The molecule has 0 spiro atoms. The molecule has 0 radical (unpaired) electrons. The zero-order valence-corrected chi connectivity index (χ0v) is 17.7. The van der Waals surface area contributed by atoms with Gasteiger partial charge in [0.25, 0.3) is 0 Å². The SMILES string of the molecule is O=C(CN1CCN(S(=O)(=O)c2ccc(F)c(Cl)c2)CC1)NCCc1ccc(F)cc1. The highest BCUT2D eigenvalue weighted by Gasteiger charge is 2.29. The first kappa shape index (κ1) is 22.6. The summed E-state index contributed by atoms with van der Waals surface area (Å²) in [5, 5.41) is 2.57. The van der Waals surface area contributed by atoms with E-state index in [2.05, 4.69) is 5.32 Å². The Hall–Kier alpha value is -2.07. The van der Waals surface area contributed by atoms with Crippen LogP contribution in [0.1, 0.15) is 5.56 Å². The van der Waals surface area contributed by atoms with Crippen molar-refractivity contribution in [1.29, 1.82) is 0 Å². The Kier molecular flexibility index (Phi) is 7.41. The number of carbonyl (C=O) groups excluding carboxylic acids is 1. The Labute approximate surface area is 179 Å². The monoisotopic (exact) mass is 457 g/mol. The number of hydrogen-bond acceptors (Lipinski definition) is 4. The minimum absolute atomic E-state index is 0.0547. The zero-order chi connectivity index (χ0) is 21.7. The zero-order valence-electron chi connectivity index (χ0n) is 16.2. The molecule has 0 atom stereocenters. The highest BCUT2D eigenvalue weighted by molar-refractivity contribution is 7.89. The van der Waals surface area contributed by atoms with Crippen LogP contribution in [-0.4, -0.2) is 62.8 Å². The van der Waals surface area contributed by atoms with Gasteiger partial charge in [-0.05, 0) is 42.3 Å². The summed E-state index contributed by atoms with van der Waals surface area (Å²) in [6.07, 6.45) is 0.596. The van der Waals surface area contributed by atoms with E-state index in [-0.39, 0.29) is 41.3 Å². The maximum Gasteiger partial charge on any atom is 0.243 e. The van der Waals surface area contributed by atoms with Crippen molar-refractivity contribution in [3.63, 3.8) is 0 Å². The Balaban J connectivity index is 1.45. The molecular formula is C20H22ClF2N3O3S. The fraction of sp³-hybridized carbons (Fsp3) is 0.350. The van der Waals surface area contributed by atoms with Crippen LogP contribution in [0.4, 0.5) is 8.78 Å². The quantitative estimate of drug-likeness (QED) is 0.692. The normalized spacial score (nSPS) is 15.8. The number of halogens is 3. The van der Waals surface area contributed by atoms with Crippen molar-refractivity contribution < 1.29 is 22.0 Å². The largest absolute Gasteiger partial charge is 0.355 e. The van der Waals surface area contributed by atoms with Crippen LogP contribution in [0, 0.1) is 11.6 Å². The standard InChI is InChI=1S/C20H22ClF2N3O3S/c21-18-13-17(5-6-19(18)23)30(28,29)26-11-9-25(10-12-26)14-20(27)24-8-7-15-1-3-16(22)4-2-15/h1-6,13H,7-12,14H2,(H,24,27). The molecule has 1 aliphatic heterocycles. The van der Waals surface area contributed by atoms with E-state index in [0.717, 1.165) is 17.7 Å². The van der Waals surface area contributed by atoms with E-state index in [4.69, 9.17) is 11.6 Å². The molecule has 3 rings (SSSR count). The van der Waals surface area contributed by atoms with Gasteiger partial charge in [0.15, 0.2) is 0 Å². The summed E-state index contributed by atoms with van der Waals surface area (Å²) in [5.74, 6) is -1.13. The van der Waals surface area contributed by atoms with Gasteiger partial charge in [0.2, 0.25) is 15.9 Å². The average molecular weight is 458 g/mol. The lowest BCUT2D eigenvalue weighted by Gasteiger charge is -2.33. The second-order valence-electron chi connectivity index (χ2n) is 6.98. The number of nitrogens with one attached hydrogen (secondary N) is 1. The summed E-state index contributed by atoms with van der Waals surface area (Å²) < 4.78 is 52.9. The topological polar surface area (TPSA) is 69.7 Å². The molecule has 1 aliphatic rings. The predicted molar refractivity (Wildman–Crippen MR) is 110 cm³/mol. The van der Waals surface area contributed by atoms with Gasteiger partial charge in [-0.3, -0.25) is 9.69 Å². The van der Waals surface area contributed by atoms with Crippen LogP contribution in [0.2, 0.25) is 5.02 Å². The summed E-state index contributed by atoms with van der Waals surface area (Å²) in [4.78, 5) is 13.9. The van der Waals surface area contributed by atoms with Crippen molar-refractivity contribution in [2.24, 2.45) is 0 Å². The maximum atomic E-state index is 13.3. The first-order valence-corrected chi connectivity index (χ1v) is 11.3. The van der Waals surface area contributed by atoms with Crippen LogP contribution in [0.5, 0.6) is 0 Å². The molecule has 6 nitrogen and oxygen atoms in total. The van der Waals surface area contributed by atoms with Crippen LogP contribution < -0.4 is 5.32 Å². The number of hydrogen-bond donors (Lipinski definition) is 1. The molecule has 1 heterocycles. The van der Waals surface area contributed by atoms with E-state index in [1.54, 1.807) is 12.1 Å². The second-order valence-corrected chi connectivity index (χ2v) is 9.33. The average Bonchev–Trinajstić information content (AvgIpc) is 2.72. The van der Waals surface area contributed by atoms with Crippen molar-refractivity contribution in [2.75, 3.05) is 39.3 Å². The van der Waals surface area contributed by atoms with Gasteiger partial charge in [-0.15, -0.1) is 0 Å². The Bertz CT molecular complexity index is 995. The molecule has 2 aromatic rings. The van der Waals surface area contributed by atoms with Gasteiger partial charge in [-0.1, -0.05) is 23.7 Å². The molecule has 0 saturated carbocycles. The Morgan fingerprint density at radius 2 is 1.70 bits per heavy atom. The number of carbonyl (C=O) groups is 1. The van der Waals surface area contributed by atoms with E-state index in [0.29, 0.717) is 26.1 Å².